The number of rotatable bonds is 10. The fourth-order valence-corrected chi connectivity index (χ4v) is 4.17. The van der Waals surface area contributed by atoms with Gasteiger partial charge in [-0.15, -0.1) is 0 Å². The van der Waals surface area contributed by atoms with Crippen LogP contribution in [0.4, 0.5) is 13.2 Å². The minimum atomic E-state index is -4.34. The maximum absolute atomic E-state index is 13.1. The van der Waals surface area contributed by atoms with Crippen molar-refractivity contribution >= 4 is 27.3 Å². The molecule has 3 rings (SSSR count). The third-order valence-corrected chi connectivity index (χ3v) is 6.57. The van der Waals surface area contributed by atoms with E-state index in [1.54, 1.807) is 36.4 Å². The summed E-state index contributed by atoms with van der Waals surface area (Å²) in [6.07, 6.45) is -4.62. The van der Waals surface area contributed by atoms with Gasteiger partial charge in [-0.2, -0.15) is 13.2 Å². The van der Waals surface area contributed by atoms with E-state index >= 15 is 0 Å². The first-order valence-electron chi connectivity index (χ1n) is 11.3. The summed E-state index contributed by atoms with van der Waals surface area (Å²) in [5, 5.41) is 3.01. The van der Waals surface area contributed by atoms with E-state index in [-0.39, 0.29) is 43.1 Å². The van der Waals surface area contributed by atoms with Crippen molar-refractivity contribution in [1.82, 2.24) is 14.9 Å². The molecule has 1 heterocycles. The number of aryl methyl sites for hydroxylation is 1. The topological polar surface area (TPSA) is 98.1 Å². The third kappa shape index (κ3) is 9.01. The van der Waals surface area contributed by atoms with Crippen molar-refractivity contribution in [2.24, 2.45) is 0 Å². The first-order chi connectivity index (χ1) is 17.3. The number of hydrogen-bond acceptors (Lipinski definition) is 5. The van der Waals surface area contributed by atoms with E-state index in [4.69, 9.17) is 11.6 Å². The van der Waals surface area contributed by atoms with Gasteiger partial charge < -0.3 is 5.32 Å². The first kappa shape index (κ1) is 28.4. The molecule has 2 aromatic carbocycles. The number of carbonyl (C=O) groups excluding carboxylic acids is 1. The number of nitrogens with zero attached hydrogens (tertiary/aromatic N) is 2. The van der Waals surface area contributed by atoms with Gasteiger partial charge in [0.2, 0.25) is 0 Å². The maximum atomic E-state index is 13.1. The van der Waals surface area contributed by atoms with E-state index in [2.05, 4.69) is 10.3 Å². The lowest BCUT2D eigenvalue weighted by Gasteiger charge is -2.15. The molecule has 1 aromatic heterocycles. The van der Waals surface area contributed by atoms with Crippen molar-refractivity contribution in [2.45, 2.75) is 32.0 Å². The van der Waals surface area contributed by atoms with Crippen LogP contribution in [0.25, 0.3) is 11.3 Å². The van der Waals surface area contributed by atoms with Crippen LogP contribution >= 0.6 is 11.6 Å². The summed E-state index contributed by atoms with van der Waals surface area (Å²) < 4.78 is 62.1. The van der Waals surface area contributed by atoms with Crippen LogP contribution in [0, 0.1) is 0 Å². The lowest BCUT2D eigenvalue weighted by atomic mass is 10.1. The van der Waals surface area contributed by atoms with Gasteiger partial charge in [-0.3, -0.25) is 14.2 Å². The number of alkyl halides is 3. The summed E-state index contributed by atoms with van der Waals surface area (Å²) in [5.41, 5.74) is 1.27. The second-order valence-corrected chi connectivity index (χ2v) is 11.2. The summed E-state index contributed by atoms with van der Waals surface area (Å²) in [6, 6.07) is 14.2. The Morgan fingerprint density at radius 3 is 2.46 bits per heavy atom. The van der Waals surface area contributed by atoms with E-state index in [1.165, 1.54) is 22.8 Å². The van der Waals surface area contributed by atoms with E-state index < -0.39 is 33.9 Å². The van der Waals surface area contributed by atoms with Gasteiger partial charge in [-0.25, -0.2) is 13.4 Å². The van der Waals surface area contributed by atoms with Crippen LogP contribution in [0.3, 0.4) is 0 Å². The average Bonchev–Trinajstić information content (AvgIpc) is 2.80. The Kier molecular flexibility index (Phi) is 9.14. The van der Waals surface area contributed by atoms with Gasteiger partial charge in [0, 0.05) is 47.9 Å². The monoisotopic (exact) mass is 555 g/mol. The molecule has 0 spiro atoms. The highest BCUT2D eigenvalue weighted by molar-refractivity contribution is 7.90. The fraction of sp³-hybridized carbons (Fsp3) is 0.320. The van der Waals surface area contributed by atoms with Crippen molar-refractivity contribution in [1.29, 1.82) is 0 Å². The van der Waals surface area contributed by atoms with E-state index in [1.807, 2.05) is 0 Å². The van der Waals surface area contributed by atoms with Gasteiger partial charge in [-0.05, 0) is 36.2 Å². The number of carbonyl (C=O) groups is 1. The summed E-state index contributed by atoms with van der Waals surface area (Å²) in [7, 11) is -3.24. The molecule has 1 N–H and O–H groups in total. The van der Waals surface area contributed by atoms with E-state index in [9.17, 15) is 31.2 Å². The van der Waals surface area contributed by atoms with Crippen LogP contribution in [0.2, 0.25) is 5.02 Å². The molecule has 0 aliphatic carbocycles. The molecule has 0 atom stereocenters. The highest BCUT2D eigenvalue weighted by Crippen LogP contribution is 2.23. The number of nitrogens with one attached hydrogen (secondary N) is 1. The van der Waals surface area contributed by atoms with Crippen LogP contribution in [0.15, 0.2) is 59.4 Å². The summed E-state index contributed by atoms with van der Waals surface area (Å²) in [5.74, 6) is -0.509. The molecule has 0 radical (unpaired) electrons. The smallest absolute Gasteiger partial charge is 0.351 e. The molecule has 0 bridgehead atoms. The quantitative estimate of drug-likeness (QED) is 0.403. The Bertz CT molecular complexity index is 1420. The molecule has 0 unspecified atom stereocenters. The molecule has 0 fully saturated rings. The van der Waals surface area contributed by atoms with Crippen LogP contribution in [0.5, 0.6) is 0 Å². The lowest BCUT2D eigenvalue weighted by molar-refractivity contribution is -0.135. The second-order valence-electron chi connectivity index (χ2n) is 8.54. The van der Waals surface area contributed by atoms with E-state index in [0.717, 1.165) is 6.26 Å². The largest absolute Gasteiger partial charge is 0.389 e. The molecule has 0 saturated heterocycles. The molecule has 198 valence electrons. The van der Waals surface area contributed by atoms with Gasteiger partial charge in [0.05, 0.1) is 18.0 Å². The lowest BCUT2D eigenvalue weighted by Crippen LogP contribution is -2.29. The predicted octanol–water partition coefficient (Wildman–Crippen LogP) is 4.27. The zero-order valence-electron chi connectivity index (χ0n) is 19.9. The van der Waals surface area contributed by atoms with Crippen molar-refractivity contribution in [3.05, 3.63) is 86.9 Å². The predicted molar refractivity (Wildman–Crippen MR) is 136 cm³/mol. The van der Waals surface area contributed by atoms with Crippen LogP contribution in [-0.4, -0.2) is 48.6 Å². The van der Waals surface area contributed by atoms with Gasteiger partial charge in [0.25, 0.3) is 11.5 Å². The highest BCUT2D eigenvalue weighted by Gasteiger charge is 2.26. The van der Waals surface area contributed by atoms with Crippen molar-refractivity contribution < 1.29 is 26.4 Å². The summed E-state index contributed by atoms with van der Waals surface area (Å²) in [4.78, 5) is 30.0. The normalized spacial score (nSPS) is 11.9. The summed E-state index contributed by atoms with van der Waals surface area (Å²) in [6.45, 7) is -0.0701. The highest BCUT2D eigenvalue weighted by atomic mass is 35.5. The zero-order valence-corrected chi connectivity index (χ0v) is 21.5. The Morgan fingerprint density at radius 2 is 1.81 bits per heavy atom. The molecule has 7 nitrogen and oxygen atoms in total. The first-order valence-corrected chi connectivity index (χ1v) is 13.7. The molecule has 12 heteroatoms. The standard InChI is InChI=1S/C25H25ClF3N3O4S/c1-37(35,36)13-12-30-24(34)19-5-2-4-17(14-19)16-32-22(6-3-11-25(27,28)29)31-21(15-23(32)33)18-7-9-20(26)10-8-18/h2,4-5,7-10,14-15H,3,6,11-13,16H2,1H3,(H,30,34). The molecule has 37 heavy (non-hydrogen) atoms. The number of benzene rings is 2. The molecular formula is C25H25ClF3N3O4S. The van der Waals surface area contributed by atoms with Crippen molar-refractivity contribution in [3.8, 4) is 11.3 Å². The fourth-order valence-electron chi connectivity index (χ4n) is 3.57. The van der Waals surface area contributed by atoms with Gasteiger partial charge in [0.15, 0.2) is 0 Å². The third-order valence-electron chi connectivity index (χ3n) is 5.38. The Morgan fingerprint density at radius 1 is 1.11 bits per heavy atom. The average molecular weight is 556 g/mol. The number of aromatic nitrogens is 2. The molecular weight excluding hydrogens is 531 g/mol. The van der Waals surface area contributed by atoms with Crippen molar-refractivity contribution in [2.75, 3.05) is 18.6 Å². The second kappa shape index (κ2) is 11.9. The SMILES string of the molecule is CS(=O)(=O)CCNC(=O)c1cccc(Cn2c(CCCC(F)(F)F)nc(-c3ccc(Cl)cc3)cc2=O)c1. The Balaban J connectivity index is 1.88. The van der Waals surface area contributed by atoms with Crippen LogP contribution < -0.4 is 10.9 Å². The van der Waals surface area contributed by atoms with Gasteiger partial charge in [0.1, 0.15) is 15.7 Å². The number of sulfone groups is 1. The van der Waals surface area contributed by atoms with Crippen LogP contribution in [0.1, 0.15) is 34.6 Å². The zero-order chi connectivity index (χ0) is 27.2. The molecule has 0 saturated carbocycles. The summed E-state index contributed by atoms with van der Waals surface area (Å²) >= 11 is 5.92. The molecule has 0 aliphatic heterocycles. The minimum Gasteiger partial charge on any atom is -0.351 e. The van der Waals surface area contributed by atoms with Gasteiger partial charge in [-0.1, -0.05) is 35.9 Å². The number of amides is 1. The molecule has 3 aromatic rings. The van der Waals surface area contributed by atoms with E-state index in [0.29, 0.717) is 21.8 Å². The maximum Gasteiger partial charge on any atom is 0.389 e. The Labute approximate surface area is 217 Å². The van der Waals surface area contributed by atoms with Crippen molar-refractivity contribution in [3.63, 3.8) is 0 Å². The minimum absolute atomic E-state index is 0.0153. The Hall–Kier alpha value is -3.18. The molecule has 0 aliphatic rings. The van der Waals surface area contributed by atoms with Gasteiger partial charge >= 0.3 is 6.18 Å². The number of hydrogen-bond donors (Lipinski definition) is 1. The molecule has 1 amide bonds. The van der Waals surface area contributed by atoms with Crippen LogP contribution in [-0.2, 0) is 22.8 Å². The number of halogens is 4.